The van der Waals surface area contributed by atoms with Crippen molar-refractivity contribution in [3.8, 4) is 0 Å². The van der Waals surface area contributed by atoms with Crippen molar-refractivity contribution in [2.24, 2.45) is 0 Å². The molecule has 1 heterocycles. The van der Waals surface area contributed by atoms with Gasteiger partial charge in [-0.3, -0.25) is 4.79 Å². The Hall–Kier alpha value is -1.94. The predicted molar refractivity (Wildman–Crippen MR) is 70.5 cm³/mol. The van der Waals surface area contributed by atoms with E-state index in [1.54, 1.807) is 36.6 Å². The molecule has 1 aromatic carbocycles. The van der Waals surface area contributed by atoms with Crippen molar-refractivity contribution in [1.29, 1.82) is 0 Å². The summed E-state index contributed by atoms with van der Waals surface area (Å²) < 4.78 is 5.21. The van der Waals surface area contributed by atoms with Crippen molar-refractivity contribution in [2.75, 3.05) is 5.73 Å². The maximum absolute atomic E-state index is 12.0. The summed E-state index contributed by atoms with van der Waals surface area (Å²) in [6, 6.07) is 8.13. The van der Waals surface area contributed by atoms with Gasteiger partial charge in [-0.05, 0) is 37.3 Å². The first-order valence-corrected chi connectivity index (χ1v) is 5.85. The minimum Gasteiger partial charge on any atom is -0.467 e. The number of hydrogen-bond acceptors (Lipinski definition) is 3. The summed E-state index contributed by atoms with van der Waals surface area (Å²) in [5.74, 6) is 0.405. The molecule has 4 nitrogen and oxygen atoms in total. The lowest BCUT2D eigenvalue weighted by Crippen LogP contribution is -2.27. The molecule has 18 heavy (non-hydrogen) atoms. The van der Waals surface area contributed by atoms with Crippen LogP contribution >= 0.6 is 11.6 Å². The highest BCUT2D eigenvalue weighted by molar-refractivity contribution is 6.31. The Bertz CT molecular complexity index is 552. The summed E-state index contributed by atoms with van der Waals surface area (Å²) >= 11 is 5.84. The van der Waals surface area contributed by atoms with Crippen molar-refractivity contribution in [1.82, 2.24) is 5.32 Å². The lowest BCUT2D eigenvalue weighted by molar-refractivity contribution is 0.0936. The summed E-state index contributed by atoms with van der Waals surface area (Å²) in [5, 5.41) is 3.27. The van der Waals surface area contributed by atoms with Crippen molar-refractivity contribution in [3.05, 3.63) is 52.9 Å². The van der Waals surface area contributed by atoms with E-state index in [2.05, 4.69) is 5.32 Å². The molecule has 0 aliphatic carbocycles. The van der Waals surface area contributed by atoms with Crippen LogP contribution in [-0.4, -0.2) is 5.91 Å². The lowest BCUT2D eigenvalue weighted by atomic mass is 10.1. The first-order valence-electron chi connectivity index (χ1n) is 5.47. The molecule has 2 rings (SSSR count). The molecule has 1 unspecified atom stereocenters. The number of amides is 1. The van der Waals surface area contributed by atoms with E-state index in [0.717, 1.165) is 0 Å². The van der Waals surface area contributed by atoms with Gasteiger partial charge in [0.1, 0.15) is 5.76 Å². The van der Waals surface area contributed by atoms with Crippen LogP contribution in [0.5, 0.6) is 0 Å². The van der Waals surface area contributed by atoms with Gasteiger partial charge in [-0.15, -0.1) is 0 Å². The van der Waals surface area contributed by atoms with Crippen LogP contribution in [-0.2, 0) is 0 Å². The molecule has 3 N–H and O–H groups in total. The minimum absolute atomic E-state index is 0.231. The summed E-state index contributed by atoms with van der Waals surface area (Å²) in [4.78, 5) is 12.0. The molecule has 0 saturated heterocycles. The number of nitrogens with two attached hydrogens (primary N) is 1. The van der Waals surface area contributed by atoms with Crippen LogP contribution in [0.3, 0.4) is 0 Å². The van der Waals surface area contributed by atoms with Gasteiger partial charge in [-0.25, -0.2) is 0 Å². The standard InChI is InChI=1S/C13H13ClN2O2/c1-8(12-3-2-6-18-12)16-13(17)10-7-9(14)4-5-11(10)15/h2-8H,15H2,1H3,(H,16,17). The highest BCUT2D eigenvalue weighted by Crippen LogP contribution is 2.19. The molecule has 0 aliphatic rings. The number of hydrogen-bond donors (Lipinski definition) is 2. The summed E-state index contributed by atoms with van der Waals surface area (Å²) in [5.41, 5.74) is 6.50. The van der Waals surface area contributed by atoms with Crippen LogP contribution in [0.25, 0.3) is 0 Å². The van der Waals surface area contributed by atoms with Gasteiger partial charge in [0, 0.05) is 10.7 Å². The van der Waals surface area contributed by atoms with Gasteiger partial charge in [0.15, 0.2) is 0 Å². The molecule has 1 atom stereocenters. The van der Waals surface area contributed by atoms with Crippen molar-refractivity contribution >= 4 is 23.2 Å². The summed E-state index contributed by atoms with van der Waals surface area (Å²) in [7, 11) is 0. The number of nitrogens with one attached hydrogen (secondary N) is 1. The molecule has 1 amide bonds. The number of nitrogen functional groups attached to an aromatic ring is 1. The van der Waals surface area contributed by atoms with E-state index in [1.807, 2.05) is 6.92 Å². The molecule has 1 aromatic heterocycles. The van der Waals surface area contributed by atoms with E-state index >= 15 is 0 Å². The molecule has 5 heteroatoms. The molecule has 2 aromatic rings. The van der Waals surface area contributed by atoms with Crippen LogP contribution in [0.15, 0.2) is 41.0 Å². The largest absolute Gasteiger partial charge is 0.467 e. The minimum atomic E-state index is -0.279. The Morgan fingerprint density at radius 3 is 2.89 bits per heavy atom. The second kappa shape index (κ2) is 5.14. The van der Waals surface area contributed by atoms with E-state index < -0.39 is 0 Å². The highest BCUT2D eigenvalue weighted by atomic mass is 35.5. The SMILES string of the molecule is CC(NC(=O)c1cc(Cl)ccc1N)c1ccco1. The van der Waals surface area contributed by atoms with Crippen LogP contribution in [0.4, 0.5) is 5.69 Å². The molecular weight excluding hydrogens is 252 g/mol. The monoisotopic (exact) mass is 264 g/mol. The van der Waals surface area contributed by atoms with Crippen LogP contribution in [0.2, 0.25) is 5.02 Å². The third kappa shape index (κ3) is 2.65. The molecule has 0 spiro atoms. The van der Waals surface area contributed by atoms with Crippen LogP contribution < -0.4 is 11.1 Å². The maximum atomic E-state index is 12.0. The number of benzene rings is 1. The molecule has 94 valence electrons. The molecular formula is C13H13ClN2O2. The summed E-state index contributed by atoms with van der Waals surface area (Å²) in [6.45, 7) is 1.83. The second-order valence-corrected chi connectivity index (χ2v) is 4.38. The normalized spacial score (nSPS) is 12.1. The number of anilines is 1. The number of carbonyl (C=O) groups is 1. The Balaban J connectivity index is 2.15. The molecule has 0 aliphatic heterocycles. The fourth-order valence-corrected chi connectivity index (χ4v) is 1.78. The number of halogens is 1. The number of furan rings is 1. The zero-order chi connectivity index (χ0) is 13.1. The number of rotatable bonds is 3. The average Bonchev–Trinajstić information content (AvgIpc) is 2.85. The van der Waals surface area contributed by atoms with E-state index in [9.17, 15) is 4.79 Å². The third-order valence-corrected chi connectivity index (χ3v) is 2.81. The number of carbonyl (C=O) groups excluding carboxylic acids is 1. The van der Waals surface area contributed by atoms with Crippen LogP contribution in [0.1, 0.15) is 29.1 Å². The Morgan fingerprint density at radius 1 is 1.44 bits per heavy atom. The van der Waals surface area contributed by atoms with E-state index in [4.69, 9.17) is 21.8 Å². The van der Waals surface area contributed by atoms with Gasteiger partial charge in [-0.2, -0.15) is 0 Å². The zero-order valence-corrected chi connectivity index (χ0v) is 10.6. The first kappa shape index (κ1) is 12.5. The van der Waals surface area contributed by atoms with Gasteiger partial charge in [0.25, 0.3) is 5.91 Å². The van der Waals surface area contributed by atoms with Gasteiger partial charge >= 0.3 is 0 Å². The maximum Gasteiger partial charge on any atom is 0.254 e. The van der Waals surface area contributed by atoms with Crippen molar-refractivity contribution in [3.63, 3.8) is 0 Å². The first-order chi connectivity index (χ1) is 8.58. The van der Waals surface area contributed by atoms with E-state index in [0.29, 0.717) is 22.0 Å². The van der Waals surface area contributed by atoms with Crippen LogP contribution in [0, 0.1) is 0 Å². The topological polar surface area (TPSA) is 68.3 Å². The Labute approximate surface area is 110 Å². The third-order valence-electron chi connectivity index (χ3n) is 2.58. The average molecular weight is 265 g/mol. The lowest BCUT2D eigenvalue weighted by Gasteiger charge is -2.12. The van der Waals surface area contributed by atoms with Crippen molar-refractivity contribution < 1.29 is 9.21 Å². The Kier molecular flexibility index (Phi) is 3.58. The molecule has 0 fully saturated rings. The van der Waals surface area contributed by atoms with Gasteiger partial charge < -0.3 is 15.5 Å². The summed E-state index contributed by atoms with van der Waals surface area (Å²) in [6.07, 6.45) is 1.56. The van der Waals surface area contributed by atoms with Gasteiger partial charge in [0.05, 0.1) is 17.9 Å². The van der Waals surface area contributed by atoms with Gasteiger partial charge in [0.2, 0.25) is 0 Å². The zero-order valence-electron chi connectivity index (χ0n) is 9.81. The quantitative estimate of drug-likeness (QED) is 0.838. The Morgan fingerprint density at radius 2 is 2.22 bits per heavy atom. The van der Waals surface area contributed by atoms with Gasteiger partial charge in [-0.1, -0.05) is 11.6 Å². The fraction of sp³-hybridized carbons (Fsp3) is 0.154. The fourth-order valence-electron chi connectivity index (χ4n) is 1.61. The molecule has 0 bridgehead atoms. The van der Waals surface area contributed by atoms with E-state index in [-0.39, 0.29) is 11.9 Å². The van der Waals surface area contributed by atoms with Crippen molar-refractivity contribution in [2.45, 2.75) is 13.0 Å². The van der Waals surface area contributed by atoms with E-state index in [1.165, 1.54) is 0 Å². The molecule has 0 radical (unpaired) electrons. The smallest absolute Gasteiger partial charge is 0.254 e. The second-order valence-electron chi connectivity index (χ2n) is 3.94. The predicted octanol–water partition coefficient (Wildman–Crippen LogP) is 3.01. The molecule has 0 saturated carbocycles. The highest BCUT2D eigenvalue weighted by Gasteiger charge is 2.15.